The smallest absolute Gasteiger partial charge is 0.146 e. The maximum atomic E-state index is 6.10. The van der Waals surface area contributed by atoms with Crippen LogP contribution in [0, 0.1) is 0 Å². The topological polar surface area (TPSA) is 42.7 Å². The van der Waals surface area contributed by atoms with Gasteiger partial charge in [-0.2, -0.15) is 5.10 Å². The largest absolute Gasteiger partial charge is 0.377 e. The number of rotatable bonds is 4. The second-order valence-electron chi connectivity index (χ2n) is 4.17. The van der Waals surface area contributed by atoms with Crippen molar-refractivity contribution >= 4 is 28.9 Å². The average Bonchev–Trinajstić information content (AvgIpc) is 2.79. The Bertz CT molecular complexity index is 537. The highest BCUT2D eigenvalue weighted by atomic mass is 35.5. The number of hydrogen-bond donors (Lipinski definition) is 1. The second kappa shape index (κ2) is 5.59. The number of nitrogens with zero attached hydrogens (tertiary/aromatic N) is 3. The molecular formula is C12H14Cl2N4. The zero-order valence-corrected chi connectivity index (χ0v) is 11.7. The minimum absolute atomic E-state index is 0.277. The zero-order chi connectivity index (χ0) is 13.1. The molecule has 0 spiro atoms. The predicted octanol–water partition coefficient (Wildman–Crippen LogP) is 3.78. The van der Waals surface area contributed by atoms with Crippen molar-refractivity contribution in [3.63, 3.8) is 0 Å². The van der Waals surface area contributed by atoms with E-state index >= 15 is 0 Å². The Labute approximate surface area is 116 Å². The molecule has 0 saturated carbocycles. The Morgan fingerprint density at radius 3 is 2.83 bits per heavy atom. The third-order valence-corrected chi connectivity index (χ3v) is 3.34. The van der Waals surface area contributed by atoms with Crippen LogP contribution in [0.2, 0.25) is 10.0 Å². The first kappa shape index (κ1) is 13.2. The molecule has 1 heterocycles. The van der Waals surface area contributed by atoms with Crippen molar-refractivity contribution < 1.29 is 0 Å². The first-order valence-corrected chi connectivity index (χ1v) is 6.41. The number of anilines is 1. The quantitative estimate of drug-likeness (QED) is 0.929. The van der Waals surface area contributed by atoms with Crippen LogP contribution in [-0.4, -0.2) is 14.8 Å². The first-order valence-electron chi connectivity index (χ1n) is 5.66. The van der Waals surface area contributed by atoms with Gasteiger partial charge in [0, 0.05) is 6.04 Å². The monoisotopic (exact) mass is 284 g/mol. The van der Waals surface area contributed by atoms with Crippen molar-refractivity contribution in [1.82, 2.24) is 14.8 Å². The van der Waals surface area contributed by atoms with E-state index < -0.39 is 0 Å². The molecule has 0 saturated heterocycles. The number of hydrogen-bond acceptors (Lipinski definition) is 3. The van der Waals surface area contributed by atoms with Crippen LogP contribution < -0.4 is 5.32 Å². The molecule has 0 amide bonds. The second-order valence-corrected chi connectivity index (χ2v) is 4.95. The number of halogens is 2. The van der Waals surface area contributed by atoms with Crippen LogP contribution in [0.4, 0.5) is 5.69 Å². The maximum Gasteiger partial charge on any atom is 0.146 e. The van der Waals surface area contributed by atoms with Gasteiger partial charge in [-0.3, -0.25) is 0 Å². The van der Waals surface area contributed by atoms with Crippen molar-refractivity contribution in [1.29, 1.82) is 0 Å². The summed E-state index contributed by atoms with van der Waals surface area (Å²) in [7, 11) is 0. The van der Waals surface area contributed by atoms with E-state index in [9.17, 15) is 0 Å². The Balaban J connectivity index is 2.12. The minimum atomic E-state index is 0.277. The van der Waals surface area contributed by atoms with Crippen LogP contribution in [0.25, 0.3) is 0 Å². The van der Waals surface area contributed by atoms with Crippen LogP contribution in [0.5, 0.6) is 0 Å². The molecule has 0 bridgehead atoms. The van der Waals surface area contributed by atoms with Crippen LogP contribution in [0.1, 0.15) is 25.7 Å². The molecule has 0 aliphatic heterocycles. The molecule has 2 aromatic rings. The van der Waals surface area contributed by atoms with Gasteiger partial charge in [0.1, 0.15) is 12.2 Å². The predicted molar refractivity (Wildman–Crippen MR) is 74.2 cm³/mol. The van der Waals surface area contributed by atoms with Gasteiger partial charge in [0.15, 0.2) is 0 Å². The van der Waals surface area contributed by atoms with E-state index in [0.717, 1.165) is 11.5 Å². The van der Waals surface area contributed by atoms with Gasteiger partial charge in [-0.25, -0.2) is 9.67 Å². The third-order valence-electron chi connectivity index (χ3n) is 2.52. The van der Waals surface area contributed by atoms with Gasteiger partial charge in [0.25, 0.3) is 0 Å². The van der Waals surface area contributed by atoms with Crippen LogP contribution in [0.3, 0.4) is 0 Å². The molecule has 2 rings (SSSR count). The van der Waals surface area contributed by atoms with E-state index in [1.54, 1.807) is 12.4 Å². The normalized spacial score (nSPS) is 10.9. The van der Waals surface area contributed by atoms with Crippen LogP contribution >= 0.6 is 23.2 Å². The fourth-order valence-electron chi connectivity index (χ4n) is 1.65. The highest BCUT2D eigenvalue weighted by Gasteiger charge is 2.09. The highest BCUT2D eigenvalue weighted by Crippen LogP contribution is 2.29. The molecule has 0 atom stereocenters. The van der Waals surface area contributed by atoms with Crippen molar-refractivity contribution in [3.05, 3.63) is 40.4 Å². The standard InChI is InChI=1S/C12H14Cl2N4/c1-8(2)18-11(16-7-17-18)6-15-10-5-3-4-9(13)12(10)14/h3-5,7-8,15H,6H2,1-2H3. The SMILES string of the molecule is CC(C)n1ncnc1CNc1cccc(Cl)c1Cl. The lowest BCUT2D eigenvalue weighted by atomic mass is 10.3. The van der Waals surface area contributed by atoms with Gasteiger partial charge in [-0.1, -0.05) is 29.3 Å². The summed E-state index contributed by atoms with van der Waals surface area (Å²) in [5.74, 6) is 0.862. The van der Waals surface area contributed by atoms with E-state index in [1.807, 2.05) is 16.8 Å². The molecule has 1 N–H and O–H groups in total. The lowest BCUT2D eigenvalue weighted by Gasteiger charge is -2.12. The lowest BCUT2D eigenvalue weighted by molar-refractivity contribution is 0.509. The van der Waals surface area contributed by atoms with Crippen molar-refractivity contribution in [3.8, 4) is 0 Å². The maximum absolute atomic E-state index is 6.10. The van der Waals surface area contributed by atoms with Gasteiger partial charge in [-0.05, 0) is 26.0 Å². The van der Waals surface area contributed by atoms with Gasteiger partial charge in [-0.15, -0.1) is 0 Å². The number of nitrogens with one attached hydrogen (secondary N) is 1. The molecular weight excluding hydrogens is 271 g/mol. The summed E-state index contributed by atoms with van der Waals surface area (Å²) in [5.41, 5.74) is 0.794. The first-order chi connectivity index (χ1) is 8.59. The van der Waals surface area contributed by atoms with Gasteiger partial charge in [0.05, 0.1) is 22.3 Å². The van der Waals surface area contributed by atoms with Gasteiger partial charge in [0.2, 0.25) is 0 Å². The van der Waals surface area contributed by atoms with E-state index in [0.29, 0.717) is 16.6 Å². The summed E-state index contributed by atoms with van der Waals surface area (Å²) in [6.07, 6.45) is 1.55. The van der Waals surface area contributed by atoms with Crippen molar-refractivity contribution in [2.75, 3.05) is 5.32 Å². The Morgan fingerprint density at radius 2 is 2.11 bits per heavy atom. The molecule has 0 fully saturated rings. The number of benzene rings is 1. The summed E-state index contributed by atoms with van der Waals surface area (Å²) >= 11 is 12.0. The fraction of sp³-hybridized carbons (Fsp3) is 0.333. The average molecular weight is 285 g/mol. The van der Waals surface area contributed by atoms with Crippen LogP contribution in [0.15, 0.2) is 24.5 Å². The molecule has 0 unspecified atom stereocenters. The Hall–Kier alpha value is -1.26. The molecule has 6 heteroatoms. The Kier molecular flexibility index (Phi) is 4.09. The van der Waals surface area contributed by atoms with E-state index in [-0.39, 0.29) is 6.04 Å². The van der Waals surface area contributed by atoms with E-state index in [2.05, 4.69) is 29.2 Å². The molecule has 1 aromatic heterocycles. The summed E-state index contributed by atoms with van der Waals surface area (Å²) in [4.78, 5) is 4.22. The third kappa shape index (κ3) is 2.76. The summed E-state index contributed by atoms with van der Waals surface area (Å²) in [6.45, 7) is 4.67. The van der Waals surface area contributed by atoms with Gasteiger partial charge < -0.3 is 5.32 Å². The lowest BCUT2D eigenvalue weighted by Crippen LogP contribution is -2.12. The molecule has 0 radical (unpaired) electrons. The van der Waals surface area contributed by atoms with Crippen LogP contribution in [-0.2, 0) is 6.54 Å². The number of aromatic nitrogens is 3. The van der Waals surface area contributed by atoms with Gasteiger partial charge >= 0.3 is 0 Å². The summed E-state index contributed by atoms with van der Waals surface area (Å²) in [5, 5.41) is 8.44. The van der Waals surface area contributed by atoms with E-state index in [1.165, 1.54) is 0 Å². The molecule has 4 nitrogen and oxygen atoms in total. The van der Waals surface area contributed by atoms with Crippen molar-refractivity contribution in [2.24, 2.45) is 0 Å². The molecule has 0 aliphatic rings. The Morgan fingerprint density at radius 1 is 1.33 bits per heavy atom. The minimum Gasteiger partial charge on any atom is -0.377 e. The summed E-state index contributed by atoms with van der Waals surface area (Å²) < 4.78 is 1.87. The highest BCUT2D eigenvalue weighted by molar-refractivity contribution is 6.43. The molecule has 1 aromatic carbocycles. The fourth-order valence-corrected chi connectivity index (χ4v) is 2.01. The van der Waals surface area contributed by atoms with Crippen molar-refractivity contribution in [2.45, 2.75) is 26.4 Å². The molecule has 18 heavy (non-hydrogen) atoms. The zero-order valence-electron chi connectivity index (χ0n) is 10.2. The molecule has 96 valence electrons. The summed E-state index contributed by atoms with van der Waals surface area (Å²) in [6, 6.07) is 5.76. The van der Waals surface area contributed by atoms with E-state index in [4.69, 9.17) is 23.2 Å². The molecule has 0 aliphatic carbocycles.